The van der Waals surface area contributed by atoms with Gasteiger partial charge in [0.05, 0.1) is 40.7 Å². The third-order valence-corrected chi connectivity index (χ3v) is 10.6. The van der Waals surface area contributed by atoms with Crippen LogP contribution in [0.5, 0.6) is 0 Å². The molecule has 2 atom stereocenters. The van der Waals surface area contributed by atoms with Crippen LogP contribution in [-0.4, -0.2) is 66.8 Å². The van der Waals surface area contributed by atoms with Gasteiger partial charge in [0.2, 0.25) is 0 Å². The number of aromatic nitrogens is 4. The predicted octanol–water partition coefficient (Wildman–Crippen LogP) is 9.50. The Hall–Kier alpha value is -5.54. The maximum absolute atomic E-state index is 13.0. The summed E-state index contributed by atoms with van der Waals surface area (Å²) in [5.74, 6) is 1.88. The maximum Gasteiger partial charge on any atom is 0.410 e. The number of carbonyl (C=O) groups is 2. The minimum Gasteiger partial charge on any atom is -0.444 e. The molecule has 1 amide bonds. The minimum atomic E-state index is -0.546. The van der Waals surface area contributed by atoms with Crippen LogP contribution in [-0.2, 0) is 4.74 Å². The lowest BCUT2D eigenvalue weighted by atomic mass is 9.98. The number of ketones is 1. The van der Waals surface area contributed by atoms with Crippen molar-refractivity contribution in [1.29, 1.82) is 0 Å². The normalized spacial score (nSPS) is 18.3. The Labute approximate surface area is 302 Å². The van der Waals surface area contributed by atoms with E-state index in [4.69, 9.17) is 14.7 Å². The lowest BCUT2D eigenvalue weighted by molar-refractivity contribution is 0.0219. The molecule has 0 saturated carbocycles. The SMILES string of the molecule is CC(C)(C)OC(=O)N1CCC[C@H]1c1nc2c(ccc3cc(-c4ccc5c(ccc6[nH]c([C@@H]7CCCN7CC(=O)c7ccccc7)nc65)c4)ccc32)[nH]1. The number of nitrogens with zero attached hydrogens (tertiary/aromatic N) is 4. The molecule has 9 nitrogen and oxygen atoms in total. The topological polar surface area (TPSA) is 107 Å². The maximum atomic E-state index is 13.0. The predicted molar refractivity (Wildman–Crippen MR) is 205 cm³/mol. The first-order chi connectivity index (χ1) is 25.2. The number of benzene rings is 5. The number of fused-ring (bicyclic) bond motifs is 6. The van der Waals surface area contributed by atoms with Crippen LogP contribution in [0, 0.1) is 0 Å². The molecule has 2 N–H and O–H groups in total. The van der Waals surface area contributed by atoms with Crippen LogP contribution in [0.4, 0.5) is 4.79 Å². The fourth-order valence-electron chi connectivity index (χ4n) is 8.13. The molecule has 0 bridgehead atoms. The van der Waals surface area contributed by atoms with Gasteiger partial charge in [0.15, 0.2) is 5.78 Å². The van der Waals surface area contributed by atoms with Gasteiger partial charge in [-0.2, -0.15) is 0 Å². The van der Waals surface area contributed by atoms with E-state index >= 15 is 0 Å². The number of aromatic amines is 2. The monoisotopic (exact) mass is 690 g/mol. The molecule has 2 saturated heterocycles. The molecule has 2 aliphatic heterocycles. The van der Waals surface area contributed by atoms with Gasteiger partial charge in [-0.1, -0.05) is 66.7 Å². The van der Waals surface area contributed by atoms with E-state index in [1.54, 1.807) is 4.90 Å². The van der Waals surface area contributed by atoms with Gasteiger partial charge in [0, 0.05) is 22.9 Å². The minimum absolute atomic E-state index is 0.0890. The number of amides is 1. The quantitative estimate of drug-likeness (QED) is 0.168. The van der Waals surface area contributed by atoms with E-state index in [9.17, 15) is 9.59 Å². The summed E-state index contributed by atoms with van der Waals surface area (Å²) in [6, 6.07) is 31.1. The summed E-state index contributed by atoms with van der Waals surface area (Å²) >= 11 is 0. The second kappa shape index (κ2) is 12.6. The molecule has 9 heteroatoms. The van der Waals surface area contributed by atoms with E-state index in [0.29, 0.717) is 13.1 Å². The zero-order valence-corrected chi connectivity index (χ0v) is 29.8. The van der Waals surface area contributed by atoms with Gasteiger partial charge in [-0.15, -0.1) is 0 Å². The Morgan fingerprint density at radius 3 is 1.92 bits per heavy atom. The van der Waals surface area contributed by atoms with E-state index in [2.05, 4.69) is 75.5 Å². The van der Waals surface area contributed by atoms with Crippen molar-refractivity contribution >= 4 is 55.5 Å². The highest BCUT2D eigenvalue weighted by Gasteiger charge is 2.35. The van der Waals surface area contributed by atoms with Crippen LogP contribution < -0.4 is 0 Å². The Morgan fingerprint density at radius 2 is 1.31 bits per heavy atom. The molecule has 52 heavy (non-hydrogen) atoms. The number of rotatable bonds is 6. The third-order valence-electron chi connectivity index (χ3n) is 10.6. The number of hydrogen-bond acceptors (Lipinski definition) is 6. The van der Waals surface area contributed by atoms with Crippen LogP contribution in [0.15, 0.2) is 91.0 Å². The van der Waals surface area contributed by atoms with Gasteiger partial charge in [0.1, 0.15) is 17.2 Å². The van der Waals surface area contributed by atoms with Crippen molar-refractivity contribution in [2.75, 3.05) is 19.6 Å². The van der Waals surface area contributed by atoms with Gasteiger partial charge >= 0.3 is 6.09 Å². The fourth-order valence-corrected chi connectivity index (χ4v) is 8.13. The molecule has 0 unspecified atom stereocenters. The molecule has 5 aromatic carbocycles. The fraction of sp³-hybridized carbons (Fsp3) is 0.302. The summed E-state index contributed by atoms with van der Waals surface area (Å²) in [6.07, 6.45) is 3.49. The first-order valence-electron chi connectivity index (χ1n) is 18.4. The van der Waals surface area contributed by atoms with Gasteiger partial charge in [0.25, 0.3) is 0 Å². The van der Waals surface area contributed by atoms with Crippen LogP contribution in [0.1, 0.15) is 80.5 Å². The highest BCUT2D eigenvalue weighted by atomic mass is 16.6. The number of imidazole rings is 2. The summed E-state index contributed by atoms with van der Waals surface area (Å²) < 4.78 is 5.70. The Balaban J connectivity index is 0.982. The third kappa shape index (κ3) is 5.88. The molecule has 9 rings (SSSR count). The molecular formula is C43H42N6O3. The number of nitrogens with one attached hydrogen (secondary N) is 2. The molecule has 4 heterocycles. The molecule has 262 valence electrons. The average molecular weight is 691 g/mol. The number of likely N-dealkylation sites (tertiary alicyclic amines) is 2. The number of Topliss-reactive ketones (excluding diaryl/α,β-unsaturated/α-hetero) is 1. The zero-order valence-electron chi connectivity index (χ0n) is 29.8. The summed E-state index contributed by atoms with van der Waals surface area (Å²) in [7, 11) is 0. The number of carbonyl (C=O) groups excluding carboxylic acids is 2. The van der Waals surface area contributed by atoms with Gasteiger partial charge in [-0.3, -0.25) is 14.6 Å². The van der Waals surface area contributed by atoms with Crippen LogP contribution in [0.3, 0.4) is 0 Å². The van der Waals surface area contributed by atoms with Crippen LogP contribution in [0.2, 0.25) is 0 Å². The van der Waals surface area contributed by atoms with Crippen molar-refractivity contribution in [3.8, 4) is 11.1 Å². The standard InChI is InChI=1S/C43H42N6O3/c1-43(2,3)52-42(51)49-22-8-12-36(49)41-45-34-20-16-30-24-28(14-18-32(30)39(34)47-41)27-13-17-31-29(23-27)15-19-33-38(31)46-40(44-33)35-11-7-21-48(35)25-37(50)26-9-5-4-6-10-26/h4-6,9-10,13-20,23-24,35-36H,7-8,11-12,21-22,25H2,1-3H3,(H,44,46)(H,45,47)/t35-,36-/m0/s1. The molecule has 2 aliphatic rings. The summed E-state index contributed by atoms with van der Waals surface area (Å²) in [5.41, 5.74) is 6.31. The second-order valence-electron chi connectivity index (χ2n) is 15.3. The van der Waals surface area contributed by atoms with Crippen LogP contribution in [0.25, 0.3) is 54.7 Å². The van der Waals surface area contributed by atoms with Crippen molar-refractivity contribution < 1.29 is 14.3 Å². The number of ether oxygens (including phenoxy) is 1. The first kappa shape index (κ1) is 32.4. The average Bonchev–Trinajstić information content (AvgIpc) is 3.96. The van der Waals surface area contributed by atoms with Gasteiger partial charge < -0.3 is 14.7 Å². The lowest BCUT2D eigenvalue weighted by Crippen LogP contribution is -2.36. The van der Waals surface area contributed by atoms with E-state index < -0.39 is 5.60 Å². The Morgan fingerprint density at radius 1 is 0.731 bits per heavy atom. The molecule has 7 aromatic rings. The van der Waals surface area contributed by atoms with Gasteiger partial charge in [-0.25, -0.2) is 14.8 Å². The smallest absolute Gasteiger partial charge is 0.410 e. The molecule has 2 aromatic heterocycles. The van der Waals surface area contributed by atoms with E-state index in [1.807, 2.05) is 51.1 Å². The van der Waals surface area contributed by atoms with Crippen molar-refractivity contribution in [2.24, 2.45) is 0 Å². The molecule has 2 fully saturated rings. The van der Waals surface area contributed by atoms with Crippen molar-refractivity contribution in [2.45, 2.75) is 64.1 Å². The second-order valence-corrected chi connectivity index (χ2v) is 15.3. The zero-order chi connectivity index (χ0) is 35.6. The Bertz CT molecular complexity index is 2490. The summed E-state index contributed by atoms with van der Waals surface area (Å²) in [6.45, 7) is 7.62. The van der Waals surface area contributed by atoms with Crippen molar-refractivity contribution in [1.82, 2.24) is 29.7 Å². The summed E-state index contributed by atoms with van der Waals surface area (Å²) in [5, 5.41) is 4.41. The number of H-pyrrole nitrogens is 2. The Kier molecular flexibility index (Phi) is 7.84. The first-order valence-corrected chi connectivity index (χ1v) is 18.4. The lowest BCUT2D eigenvalue weighted by Gasteiger charge is -2.27. The van der Waals surface area contributed by atoms with E-state index in [-0.39, 0.29) is 24.0 Å². The van der Waals surface area contributed by atoms with Crippen molar-refractivity contribution in [3.05, 3.63) is 108 Å². The number of hydrogen-bond donors (Lipinski definition) is 2. The van der Waals surface area contributed by atoms with E-state index in [0.717, 1.165) is 104 Å². The van der Waals surface area contributed by atoms with E-state index in [1.165, 1.54) is 0 Å². The summed E-state index contributed by atoms with van der Waals surface area (Å²) in [4.78, 5) is 47.4. The van der Waals surface area contributed by atoms with Crippen LogP contribution >= 0.6 is 0 Å². The molecule has 0 spiro atoms. The molecular weight excluding hydrogens is 649 g/mol. The highest BCUT2D eigenvalue weighted by molar-refractivity contribution is 6.07. The van der Waals surface area contributed by atoms with Gasteiger partial charge in [-0.05, 0) is 99.2 Å². The van der Waals surface area contributed by atoms with Crippen molar-refractivity contribution in [3.63, 3.8) is 0 Å². The highest BCUT2D eigenvalue weighted by Crippen LogP contribution is 2.37. The molecule has 0 radical (unpaired) electrons. The largest absolute Gasteiger partial charge is 0.444 e. The molecule has 0 aliphatic carbocycles.